The maximum atomic E-state index is 13.3. The Labute approximate surface area is 272 Å². The first-order valence-electron chi connectivity index (χ1n) is 16.5. The Morgan fingerprint density at radius 2 is 1.57 bits per heavy atom. The summed E-state index contributed by atoms with van der Waals surface area (Å²) in [6, 6.07) is 21.4. The van der Waals surface area contributed by atoms with Crippen molar-refractivity contribution in [2.45, 2.75) is 102 Å². The Bertz CT molecular complexity index is 1420. The van der Waals surface area contributed by atoms with E-state index in [1.807, 2.05) is 30.3 Å². The number of rotatable bonds is 14. The van der Waals surface area contributed by atoms with Crippen molar-refractivity contribution in [3.05, 3.63) is 95.1 Å². The van der Waals surface area contributed by atoms with E-state index in [1.165, 1.54) is 0 Å². The maximum Gasteiger partial charge on any atom is 0.338 e. The van der Waals surface area contributed by atoms with Gasteiger partial charge in [0.2, 0.25) is 0 Å². The van der Waals surface area contributed by atoms with Gasteiger partial charge in [0.05, 0.1) is 37.6 Å². The van der Waals surface area contributed by atoms with Crippen LogP contribution in [0, 0.1) is 0 Å². The highest BCUT2D eigenvalue weighted by Crippen LogP contribution is 2.42. The summed E-state index contributed by atoms with van der Waals surface area (Å²) in [5.74, 6) is -0.219. The molecule has 0 N–H and O–H groups in total. The molecule has 2 heterocycles. The molecule has 8 nitrogen and oxygen atoms in total. The van der Waals surface area contributed by atoms with Gasteiger partial charge >= 0.3 is 11.9 Å². The average Bonchev–Trinajstić information content (AvgIpc) is 3.45. The minimum atomic E-state index is -0.621. The largest absolute Gasteiger partial charge is 0.497 e. The predicted octanol–water partition coefficient (Wildman–Crippen LogP) is 8.37. The van der Waals surface area contributed by atoms with Crippen LogP contribution in [0.5, 0.6) is 11.5 Å². The molecule has 246 valence electrons. The summed E-state index contributed by atoms with van der Waals surface area (Å²) in [7, 11) is 3.13. The van der Waals surface area contributed by atoms with Gasteiger partial charge in [-0.3, -0.25) is 0 Å². The molecule has 1 spiro atoms. The molecule has 0 amide bonds. The third kappa shape index (κ3) is 8.68. The molecular weight excluding hydrogens is 584 g/mol. The molecule has 3 aromatic rings. The summed E-state index contributed by atoms with van der Waals surface area (Å²) in [4.78, 5) is 26.2. The van der Waals surface area contributed by atoms with E-state index in [0.29, 0.717) is 40.2 Å². The zero-order chi connectivity index (χ0) is 32.4. The molecule has 4 atom stereocenters. The number of benzene rings is 3. The van der Waals surface area contributed by atoms with Crippen LogP contribution >= 0.6 is 0 Å². The highest BCUT2D eigenvalue weighted by Gasteiger charge is 2.43. The van der Waals surface area contributed by atoms with Crippen molar-refractivity contribution < 1.29 is 38.0 Å². The molecule has 2 aliphatic rings. The second kappa shape index (κ2) is 16.1. The summed E-state index contributed by atoms with van der Waals surface area (Å²) < 4.78 is 35.9. The monoisotopic (exact) mass is 630 g/mol. The predicted molar refractivity (Wildman–Crippen MR) is 174 cm³/mol. The van der Waals surface area contributed by atoms with Gasteiger partial charge in [0.15, 0.2) is 5.79 Å². The van der Waals surface area contributed by atoms with E-state index in [0.717, 1.165) is 57.8 Å². The molecule has 2 saturated heterocycles. The summed E-state index contributed by atoms with van der Waals surface area (Å²) in [5.41, 5.74) is 2.23. The van der Waals surface area contributed by atoms with Crippen molar-refractivity contribution in [2.24, 2.45) is 0 Å². The van der Waals surface area contributed by atoms with Gasteiger partial charge in [-0.05, 0) is 75.8 Å². The Hall–Kier alpha value is -3.88. The van der Waals surface area contributed by atoms with Gasteiger partial charge in [-0.15, -0.1) is 0 Å². The normalized spacial score (nSPS) is 21.5. The molecule has 46 heavy (non-hydrogen) atoms. The topological polar surface area (TPSA) is 89.5 Å². The van der Waals surface area contributed by atoms with Crippen LogP contribution in [-0.4, -0.2) is 44.2 Å². The Balaban J connectivity index is 1.30. The van der Waals surface area contributed by atoms with Crippen LogP contribution in [0.2, 0.25) is 0 Å². The van der Waals surface area contributed by atoms with Crippen LogP contribution in [-0.2, 0) is 25.6 Å². The van der Waals surface area contributed by atoms with E-state index in [2.05, 4.69) is 6.92 Å². The van der Waals surface area contributed by atoms with Crippen LogP contribution in [0.1, 0.15) is 109 Å². The lowest BCUT2D eigenvalue weighted by atomic mass is 9.94. The van der Waals surface area contributed by atoms with Crippen molar-refractivity contribution in [3.63, 3.8) is 0 Å². The summed E-state index contributed by atoms with van der Waals surface area (Å²) >= 11 is 0. The standard InChI is InChI=1S/C38H46O8/c1-27-21-23-38(45-27)22-13-19-30(46-38)18-11-6-12-20-34(44-37(40)29-16-9-5-10-17-29)32-24-31(41-2)25-35(42-3)33(32)26-43-36(39)28-14-7-4-8-15-28/h4-5,7-10,14-17,24-25,27,30,34H,6,11-13,18-23,26H2,1-3H3/t27-,30-,34-,38-/m1/s1. The molecule has 0 bridgehead atoms. The van der Waals surface area contributed by atoms with Crippen molar-refractivity contribution in [1.29, 1.82) is 0 Å². The first kappa shape index (κ1) is 33.5. The second-order valence-electron chi connectivity index (χ2n) is 12.2. The Morgan fingerprint density at radius 1 is 0.848 bits per heavy atom. The lowest BCUT2D eigenvalue weighted by Crippen LogP contribution is -2.40. The molecule has 8 heteroatoms. The first-order chi connectivity index (χ1) is 22.4. The van der Waals surface area contributed by atoms with Gasteiger partial charge in [-0.25, -0.2) is 9.59 Å². The summed E-state index contributed by atoms with van der Waals surface area (Å²) in [5, 5.41) is 0. The number of carbonyl (C=O) groups is 2. The van der Waals surface area contributed by atoms with Crippen molar-refractivity contribution in [1.82, 2.24) is 0 Å². The molecule has 0 aromatic heterocycles. The SMILES string of the molecule is COc1cc(OC)c(COC(=O)c2ccccc2)c([C@@H](CCCCC[C@@H]2CCC[C@]3(CC[C@@H](C)O3)O2)OC(=O)c2ccccc2)c1. The molecule has 3 aromatic carbocycles. The number of hydrogen-bond donors (Lipinski definition) is 0. The van der Waals surface area contributed by atoms with E-state index < -0.39 is 18.0 Å². The molecule has 5 rings (SSSR count). The molecule has 2 fully saturated rings. The van der Waals surface area contributed by atoms with Gasteiger partial charge in [-0.2, -0.15) is 0 Å². The third-order valence-electron chi connectivity index (χ3n) is 8.94. The quantitative estimate of drug-likeness (QED) is 0.130. The van der Waals surface area contributed by atoms with Crippen molar-refractivity contribution in [2.75, 3.05) is 14.2 Å². The van der Waals surface area contributed by atoms with Gasteiger partial charge in [0, 0.05) is 30.0 Å². The molecule has 0 aliphatic carbocycles. The van der Waals surface area contributed by atoms with Crippen LogP contribution in [0.4, 0.5) is 0 Å². The zero-order valence-corrected chi connectivity index (χ0v) is 27.2. The van der Waals surface area contributed by atoms with Crippen LogP contribution in [0.3, 0.4) is 0 Å². The lowest BCUT2D eigenvalue weighted by Gasteiger charge is -2.38. The van der Waals surface area contributed by atoms with Crippen molar-refractivity contribution in [3.8, 4) is 11.5 Å². The lowest BCUT2D eigenvalue weighted by molar-refractivity contribution is -0.269. The second-order valence-corrected chi connectivity index (χ2v) is 12.2. The van der Waals surface area contributed by atoms with E-state index in [-0.39, 0.29) is 24.6 Å². The van der Waals surface area contributed by atoms with Crippen molar-refractivity contribution >= 4 is 11.9 Å². The van der Waals surface area contributed by atoms with E-state index >= 15 is 0 Å². The average molecular weight is 631 g/mol. The number of ether oxygens (including phenoxy) is 6. The molecule has 2 aliphatic heterocycles. The summed E-state index contributed by atoms with van der Waals surface area (Å²) in [6.07, 6.45) is 9.37. The van der Waals surface area contributed by atoms with Gasteiger partial charge < -0.3 is 28.4 Å². The van der Waals surface area contributed by atoms with E-state index in [9.17, 15) is 9.59 Å². The molecule has 0 radical (unpaired) electrons. The highest BCUT2D eigenvalue weighted by molar-refractivity contribution is 5.90. The fourth-order valence-electron chi connectivity index (χ4n) is 6.51. The Kier molecular flexibility index (Phi) is 11.7. The number of unbranched alkanes of at least 4 members (excludes halogenated alkanes) is 2. The maximum absolute atomic E-state index is 13.3. The molecule has 0 saturated carbocycles. The number of carbonyl (C=O) groups excluding carboxylic acids is 2. The van der Waals surface area contributed by atoms with Crippen LogP contribution in [0.25, 0.3) is 0 Å². The van der Waals surface area contributed by atoms with E-state index in [1.54, 1.807) is 56.7 Å². The number of esters is 2. The van der Waals surface area contributed by atoms with Gasteiger partial charge in [0.1, 0.15) is 24.2 Å². The van der Waals surface area contributed by atoms with E-state index in [4.69, 9.17) is 28.4 Å². The number of methoxy groups -OCH3 is 2. The van der Waals surface area contributed by atoms with Gasteiger partial charge in [0.25, 0.3) is 0 Å². The minimum Gasteiger partial charge on any atom is -0.497 e. The fourth-order valence-corrected chi connectivity index (χ4v) is 6.51. The highest BCUT2D eigenvalue weighted by atomic mass is 16.7. The summed E-state index contributed by atoms with van der Waals surface area (Å²) in [6.45, 7) is 2.07. The zero-order valence-electron chi connectivity index (χ0n) is 27.2. The van der Waals surface area contributed by atoms with Gasteiger partial charge in [-0.1, -0.05) is 49.2 Å². The fraction of sp³-hybridized carbons (Fsp3) is 0.474. The number of hydrogen-bond acceptors (Lipinski definition) is 8. The smallest absolute Gasteiger partial charge is 0.338 e. The third-order valence-corrected chi connectivity index (χ3v) is 8.94. The van der Waals surface area contributed by atoms with Crippen LogP contribution in [0.15, 0.2) is 72.8 Å². The Morgan fingerprint density at radius 3 is 2.22 bits per heavy atom. The van der Waals surface area contributed by atoms with Crippen LogP contribution < -0.4 is 9.47 Å². The minimum absolute atomic E-state index is 0.0585. The molecular formula is C38H46O8. The molecule has 0 unspecified atom stereocenters. The first-order valence-corrected chi connectivity index (χ1v) is 16.5.